The van der Waals surface area contributed by atoms with Gasteiger partial charge in [-0.3, -0.25) is 0 Å². The summed E-state index contributed by atoms with van der Waals surface area (Å²) in [5.41, 5.74) is 5.73. The van der Waals surface area contributed by atoms with Gasteiger partial charge in [0.25, 0.3) is 0 Å². The summed E-state index contributed by atoms with van der Waals surface area (Å²) in [6, 6.07) is 1.18. The predicted molar refractivity (Wildman–Crippen MR) is 106 cm³/mol. The Morgan fingerprint density at radius 2 is 2.00 bits per heavy atom. The largest absolute Gasteiger partial charge is 0.475 e. The van der Waals surface area contributed by atoms with Crippen molar-refractivity contribution in [2.24, 2.45) is 9.50 Å². The summed E-state index contributed by atoms with van der Waals surface area (Å²) in [4.78, 5) is 12.8. The van der Waals surface area contributed by atoms with Gasteiger partial charge in [-0.1, -0.05) is 6.07 Å². The van der Waals surface area contributed by atoms with Crippen molar-refractivity contribution in [2.45, 2.75) is 49.5 Å². The number of nitrogens with two attached hydrogens (primary N) is 1. The molecule has 2 amide bonds. The van der Waals surface area contributed by atoms with Gasteiger partial charge in [0, 0.05) is 5.69 Å². The molecule has 0 saturated carbocycles. The van der Waals surface area contributed by atoms with E-state index in [0.29, 0.717) is 0 Å². The molecule has 0 bridgehead atoms. The number of nitrogens with one attached hydrogen (secondary N) is 1. The van der Waals surface area contributed by atoms with E-state index in [2.05, 4.69) is 20.8 Å². The lowest BCUT2D eigenvalue weighted by atomic mass is 9.99. The van der Waals surface area contributed by atoms with E-state index in [1.807, 2.05) is 0 Å². The van der Waals surface area contributed by atoms with Crippen LogP contribution in [0.3, 0.4) is 0 Å². The molecule has 4 N–H and O–H groups in total. The molecule has 2 atom stereocenters. The zero-order valence-electron chi connectivity index (χ0n) is 15.9. The minimum Gasteiger partial charge on any atom is -0.475 e. The highest BCUT2D eigenvalue weighted by molar-refractivity contribution is 7.91. The fourth-order valence-corrected chi connectivity index (χ4v) is 5.57. The third-order valence-corrected chi connectivity index (χ3v) is 7.27. The number of amides is 2. The Balaban J connectivity index is 1.47. The number of rotatable bonds is 3. The number of hydrogen-bond acceptors (Lipinski definition) is 5. The second kappa shape index (κ2) is 6.82. The SMILES string of the molecule is NS(=O)(=NC(=O)Nc1c2c(cc3c1CCC3)CCC2)c1cnn2c1OC[C@@H]2CO. The first-order valence-corrected chi connectivity index (χ1v) is 11.4. The monoisotopic (exact) mass is 417 g/mol. The van der Waals surface area contributed by atoms with E-state index < -0.39 is 15.9 Å². The number of carbonyl (C=O) groups is 1. The van der Waals surface area contributed by atoms with Crippen LogP contribution in [0.2, 0.25) is 0 Å². The van der Waals surface area contributed by atoms with Crippen LogP contribution in [0.25, 0.3) is 0 Å². The molecular formula is C19H23N5O4S. The molecule has 0 saturated heterocycles. The first-order chi connectivity index (χ1) is 14.0. The van der Waals surface area contributed by atoms with Gasteiger partial charge in [-0.25, -0.2) is 18.8 Å². The minimum atomic E-state index is -3.55. The number of carbonyl (C=O) groups excluding carboxylic acids is 1. The van der Waals surface area contributed by atoms with Crippen molar-refractivity contribution in [1.29, 1.82) is 0 Å². The highest BCUT2D eigenvalue weighted by Gasteiger charge is 2.31. The molecule has 3 aliphatic rings. The Kier molecular flexibility index (Phi) is 4.37. The lowest BCUT2D eigenvalue weighted by Crippen LogP contribution is -2.19. The number of aliphatic hydroxyl groups excluding tert-OH is 1. The van der Waals surface area contributed by atoms with Gasteiger partial charge in [0.15, 0.2) is 9.92 Å². The summed E-state index contributed by atoms with van der Waals surface area (Å²) in [6.07, 6.45) is 7.29. The van der Waals surface area contributed by atoms with Gasteiger partial charge < -0.3 is 15.2 Å². The second-order valence-electron chi connectivity index (χ2n) is 7.73. The third kappa shape index (κ3) is 3.02. The average Bonchev–Trinajstić information content (AvgIpc) is 3.43. The van der Waals surface area contributed by atoms with Gasteiger partial charge in [0.05, 0.1) is 12.8 Å². The predicted octanol–water partition coefficient (Wildman–Crippen LogP) is 1.72. The number of fused-ring (bicyclic) bond motifs is 3. The zero-order valence-corrected chi connectivity index (χ0v) is 16.7. The first-order valence-electron chi connectivity index (χ1n) is 9.81. The summed E-state index contributed by atoms with van der Waals surface area (Å²) in [7, 11) is -3.55. The quantitative estimate of drug-likeness (QED) is 0.700. The number of nitrogens with zero attached hydrogens (tertiary/aromatic N) is 3. The Hall–Kier alpha value is -2.43. The van der Waals surface area contributed by atoms with Crippen molar-refractivity contribution in [3.8, 4) is 5.88 Å². The highest BCUT2D eigenvalue weighted by atomic mass is 32.2. The maximum atomic E-state index is 13.0. The molecule has 2 heterocycles. The average molecular weight is 417 g/mol. The van der Waals surface area contributed by atoms with Crippen molar-refractivity contribution in [2.75, 3.05) is 18.5 Å². The summed E-state index contributed by atoms with van der Waals surface area (Å²) in [5, 5.41) is 22.2. The molecule has 10 heteroatoms. The van der Waals surface area contributed by atoms with Crippen LogP contribution in [-0.4, -0.2) is 38.3 Å². The Labute approximate surface area is 168 Å². The van der Waals surface area contributed by atoms with Gasteiger partial charge in [-0.05, 0) is 60.8 Å². The third-order valence-electron chi connectivity index (χ3n) is 5.93. The molecule has 2 aromatic rings. The number of anilines is 1. The highest BCUT2D eigenvalue weighted by Crippen LogP contribution is 2.39. The lowest BCUT2D eigenvalue weighted by Gasteiger charge is -2.15. The molecule has 1 aliphatic heterocycles. The maximum absolute atomic E-state index is 13.0. The Morgan fingerprint density at radius 3 is 2.66 bits per heavy atom. The standard InChI is InChI=1S/C19H23N5O4S/c20-29(27,16-8-21-24-13(9-25)10-28-18(16)24)23-19(26)22-17-14-5-1-3-11(14)7-12-4-2-6-15(12)17/h7-8,13,25H,1-6,9-10H2,(H3,20,22,23,26,27)/t13-,29?/m0/s1. The molecular weight excluding hydrogens is 394 g/mol. The minimum absolute atomic E-state index is 0.0621. The lowest BCUT2D eigenvalue weighted by molar-refractivity contribution is 0.206. The van der Waals surface area contributed by atoms with Crippen molar-refractivity contribution >= 4 is 21.6 Å². The van der Waals surface area contributed by atoms with Gasteiger partial charge in [-0.2, -0.15) is 5.10 Å². The smallest absolute Gasteiger partial charge is 0.354 e. The van der Waals surface area contributed by atoms with Gasteiger partial charge >= 0.3 is 6.03 Å². The number of aromatic nitrogens is 2. The first kappa shape index (κ1) is 18.6. The summed E-state index contributed by atoms with van der Waals surface area (Å²) >= 11 is 0. The molecule has 154 valence electrons. The van der Waals surface area contributed by atoms with Crippen LogP contribution < -0.4 is 15.2 Å². The van der Waals surface area contributed by atoms with Crippen LogP contribution in [0.5, 0.6) is 5.88 Å². The van der Waals surface area contributed by atoms with Crippen molar-refractivity contribution in [1.82, 2.24) is 9.78 Å². The summed E-state index contributed by atoms with van der Waals surface area (Å²) in [6.45, 7) is 0.0401. The van der Waals surface area contributed by atoms with E-state index >= 15 is 0 Å². The Bertz CT molecular complexity index is 1100. The molecule has 2 aliphatic carbocycles. The number of aryl methyl sites for hydroxylation is 2. The topological polar surface area (TPSA) is 132 Å². The normalized spacial score (nSPS) is 21.1. The van der Waals surface area contributed by atoms with Crippen LogP contribution in [-0.2, 0) is 35.6 Å². The van der Waals surface area contributed by atoms with Gasteiger partial charge in [0.2, 0.25) is 5.88 Å². The molecule has 1 unspecified atom stereocenters. The van der Waals surface area contributed by atoms with Crippen LogP contribution in [0.4, 0.5) is 10.5 Å². The van der Waals surface area contributed by atoms with Crippen LogP contribution in [0, 0.1) is 0 Å². The number of benzene rings is 1. The second-order valence-corrected chi connectivity index (χ2v) is 9.49. The molecule has 1 aromatic heterocycles. The molecule has 29 heavy (non-hydrogen) atoms. The van der Waals surface area contributed by atoms with E-state index in [1.165, 1.54) is 33.1 Å². The maximum Gasteiger partial charge on any atom is 0.354 e. The molecule has 0 fully saturated rings. The van der Waals surface area contributed by atoms with E-state index in [4.69, 9.17) is 9.88 Å². The van der Waals surface area contributed by atoms with E-state index in [-0.39, 0.29) is 30.0 Å². The number of hydrogen-bond donors (Lipinski definition) is 3. The van der Waals surface area contributed by atoms with Crippen molar-refractivity contribution in [3.05, 3.63) is 34.5 Å². The molecule has 0 radical (unpaired) electrons. The fraction of sp³-hybridized carbons (Fsp3) is 0.474. The summed E-state index contributed by atoms with van der Waals surface area (Å²) < 4.78 is 23.7. The molecule has 5 rings (SSSR count). The van der Waals surface area contributed by atoms with Crippen LogP contribution >= 0.6 is 0 Å². The van der Waals surface area contributed by atoms with Gasteiger partial charge in [-0.15, -0.1) is 4.36 Å². The van der Waals surface area contributed by atoms with Crippen LogP contribution in [0.15, 0.2) is 21.5 Å². The molecule has 9 nitrogen and oxygen atoms in total. The number of ether oxygens (including phenoxy) is 1. The van der Waals surface area contributed by atoms with Crippen LogP contribution in [0.1, 0.15) is 41.1 Å². The Morgan fingerprint density at radius 1 is 1.31 bits per heavy atom. The fourth-order valence-electron chi connectivity index (χ4n) is 4.58. The van der Waals surface area contributed by atoms with Crippen molar-refractivity contribution < 1.29 is 18.8 Å². The van der Waals surface area contributed by atoms with Crippen molar-refractivity contribution in [3.63, 3.8) is 0 Å². The number of aliphatic hydroxyl groups is 1. The summed E-state index contributed by atoms with van der Waals surface area (Å²) in [5.74, 6) is 0.189. The van der Waals surface area contributed by atoms with Gasteiger partial charge in [0.1, 0.15) is 17.5 Å². The molecule has 0 spiro atoms. The van der Waals surface area contributed by atoms with E-state index in [9.17, 15) is 14.1 Å². The van der Waals surface area contributed by atoms with E-state index in [0.717, 1.165) is 44.2 Å². The molecule has 1 aromatic carbocycles. The zero-order chi connectivity index (χ0) is 20.2. The number of urea groups is 1. The van der Waals surface area contributed by atoms with E-state index in [1.54, 1.807) is 0 Å².